The molecule has 1 aliphatic heterocycles. The van der Waals surface area contributed by atoms with Crippen molar-refractivity contribution < 1.29 is 8.42 Å². The van der Waals surface area contributed by atoms with Crippen LogP contribution in [0.25, 0.3) is 0 Å². The summed E-state index contributed by atoms with van der Waals surface area (Å²) in [6.45, 7) is 13.4. The summed E-state index contributed by atoms with van der Waals surface area (Å²) in [7, 11) is -3.64. The Morgan fingerprint density at radius 1 is 1.10 bits per heavy atom. The Labute approximate surface area is 187 Å². The van der Waals surface area contributed by atoms with Crippen LogP contribution in [0.2, 0.25) is 0 Å². The lowest BCUT2D eigenvalue weighted by molar-refractivity contribution is 0.258. The standard InChI is InChI=1S/C22H32N4O2S.ClH/c1-5-10-25-11-13-26(14-12-25)22-15-18(4)21(16-23-22)24-29(27,28)20-8-6-19(7-9-20)17(2)3;/h6-9,15-17,24H,5,10-14H2,1-4H3;1H. The molecule has 166 valence electrons. The van der Waals surface area contributed by atoms with Crippen molar-refractivity contribution in [3.63, 3.8) is 0 Å². The zero-order valence-electron chi connectivity index (χ0n) is 18.3. The summed E-state index contributed by atoms with van der Waals surface area (Å²) < 4.78 is 28.2. The predicted molar refractivity (Wildman–Crippen MR) is 127 cm³/mol. The normalized spacial score (nSPS) is 15.2. The average Bonchev–Trinajstić information content (AvgIpc) is 2.70. The van der Waals surface area contributed by atoms with Crippen LogP contribution in [0.1, 0.15) is 44.2 Å². The molecule has 0 spiro atoms. The van der Waals surface area contributed by atoms with E-state index < -0.39 is 10.0 Å². The van der Waals surface area contributed by atoms with Gasteiger partial charge in [0.15, 0.2) is 0 Å². The van der Waals surface area contributed by atoms with E-state index in [0.717, 1.165) is 49.7 Å². The number of aryl methyl sites for hydroxylation is 1. The maximum Gasteiger partial charge on any atom is 0.261 e. The Morgan fingerprint density at radius 2 is 1.73 bits per heavy atom. The first-order valence-corrected chi connectivity index (χ1v) is 11.8. The Morgan fingerprint density at radius 3 is 2.27 bits per heavy atom. The van der Waals surface area contributed by atoms with Gasteiger partial charge in [-0.15, -0.1) is 12.4 Å². The zero-order chi connectivity index (χ0) is 21.0. The minimum atomic E-state index is -3.64. The predicted octanol–water partition coefficient (Wildman–Crippen LogP) is 4.27. The quantitative estimate of drug-likeness (QED) is 0.679. The Balaban J connectivity index is 0.00000320. The van der Waals surface area contributed by atoms with E-state index in [9.17, 15) is 8.42 Å². The number of hydrogen-bond acceptors (Lipinski definition) is 5. The van der Waals surface area contributed by atoms with Crippen LogP contribution in [0.15, 0.2) is 41.4 Å². The van der Waals surface area contributed by atoms with Gasteiger partial charge in [0.1, 0.15) is 5.82 Å². The minimum absolute atomic E-state index is 0. The van der Waals surface area contributed by atoms with Crippen molar-refractivity contribution in [2.75, 3.05) is 42.3 Å². The van der Waals surface area contributed by atoms with Crippen molar-refractivity contribution in [3.05, 3.63) is 47.7 Å². The number of sulfonamides is 1. The number of benzene rings is 1. The van der Waals surface area contributed by atoms with Gasteiger partial charge in [0, 0.05) is 26.2 Å². The van der Waals surface area contributed by atoms with Crippen LogP contribution >= 0.6 is 12.4 Å². The molecule has 30 heavy (non-hydrogen) atoms. The van der Waals surface area contributed by atoms with Crippen LogP contribution < -0.4 is 9.62 Å². The van der Waals surface area contributed by atoms with E-state index in [4.69, 9.17) is 0 Å². The van der Waals surface area contributed by atoms with Crippen molar-refractivity contribution >= 4 is 33.9 Å². The summed E-state index contributed by atoms with van der Waals surface area (Å²) in [5.41, 5.74) is 2.50. The van der Waals surface area contributed by atoms with Gasteiger partial charge in [0.05, 0.1) is 16.8 Å². The van der Waals surface area contributed by atoms with E-state index in [1.54, 1.807) is 18.3 Å². The molecule has 1 aliphatic rings. The number of hydrogen-bond donors (Lipinski definition) is 1. The highest BCUT2D eigenvalue weighted by atomic mass is 35.5. The van der Waals surface area contributed by atoms with Crippen molar-refractivity contribution in [3.8, 4) is 0 Å². The number of anilines is 2. The fourth-order valence-electron chi connectivity index (χ4n) is 3.57. The maximum atomic E-state index is 12.8. The van der Waals surface area contributed by atoms with Gasteiger partial charge < -0.3 is 4.90 Å². The average molecular weight is 453 g/mol. The Kier molecular flexibility index (Phi) is 8.52. The van der Waals surface area contributed by atoms with Crippen LogP contribution in [0.3, 0.4) is 0 Å². The topological polar surface area (TPSA) is 65.5 Å². The van der Waals surface area contributed by atoms with Crippen LogP contribution in [-0.4, -0.2) is 51.0 Å². The Hall–Kier alpha value is -1.83. The second-order valence-corrected chi connectivity index (χ2v) is 9.70. The summed E-state index contributed by atoms with van der Waals surface area (Å²) in [5, 5.41) is 0. The van der Waals surface area contributed by atoms with Crippen LogP contribution in [0.5, 0.6) is 0 Å². The second kappa shape index (κ2) is 10.5. The number of aromatic nitrogens is 1. The summed E-state index contributed by atoms with van der Waals surface area (Å²) in [6.07, 6.45) is 2.80. The van der Waals surface area contributed by atoms with Gasteiger partial charge in [-0.3, -0.25) is 9.62 Å². The van der Waals surface area contributed by atoms with Gasteiger partial charge in [-0.1, -0.05) is 32.9 Å². The summed E-state index contributed by atoms with van der Waals surface area (Å²) >= 11 is 0. The monoisotopic (exact) mass is 452 g/mol. The first-order valence-electron chi connectivity index (χ1n) is 10.4. The van der Waals surface area contributed by atoms with Gasteiger partial charge in [-0.05, 0) is 55.1 Å². The fourth-order valence-corrected chi connectivity index (χ4v) is 4.69. The molecule has 2 aromatic rings. The van der Waals surface area contributed by atoms with Crippen molar-refractivity contribution in [1.82, 2.24) is 9.88 Å². The first-order chi connectivity index (χ1) is 13.8. The smallest absolute Gasteiger partial charge is 0.261 e. The molecule has 8 heteroatoms. The molecule has 0 unspecified atom stereocenters. The highest BCUT2D eigenvalue weighted by Crippen LogP contribution is 2.24. The van der Waals surface area contributed by atoms with Crippen LogP contribution in [0, 0.1) is 6.92 Å². The second-order valence-electron chi connectivity index (χ2n) is 8.02. The molecule has 1 aromatic carbocycles. The van der Waals surface area contributed by atoms with E-state index >= 15 is 0 Å². The molecule has 0 aliphatic carbocycles. The molecule has 2 heterocycles. The van der Waals surface area contributed by atoms with E-state index in [2.05, 4.69) is 40.3 Å². The van der Waals surface area contributed by atoms with Crippen molar-refractivity contribution in [2.24, 2.45) is 0 Å². The molecular weight excluding hydrogens is 420 g/mol. The third-order valence-electron chi connectivity index (χ3n) is 5.43. The number of rotatable bonds is 7. The van der Waals surface area contributed by atoms with E-state index in [0.29, 0.717) is 11.6 Å². The molecule has 6 nitrogen and oxygen atoms in total. The van der Waals surface area contributed by atoms with Crippen molar-refractivity contribution in [2.45, 2.75) is 44.9 Å². The molecule has 0 amide bonds. The van der Waals surface area contributed by atoms with Gasteiger partial charge >= 0.3 is 0 Å². The van der Waals surface area contributed by atoms with Crippen molar-refractivity contribution in [1.29, 1.82) is 0 Å². The number of pyridine rings is 1. The molecule has 1 aromatic heterocycles. The number of piperazine rings is 1. The molecular formula is C22H33ClN4O2S. The molecule has 1 fully saturated rings. The van der Waals surface area contributed by atoms with Gasteiger partial charge in [-0.25, -0.2) is 13.4 Å². The number of nitrogens with zero attached hydrogens (tertiary/aromatic N) is 3. The SMILES string of the molecule is CCCN1CCN(c2cc(C)c(NS(=O)(=O)c3ccc(C(C)C)cc3)cn2)CC1.Cl. The third kappa shape index (κ3) is 5.86. The van der Waals surface area contributed by atoms with Gasteiger partial charge in [-0.2, -0.15) is 0 Å². The lowest BCUT2D eigenvalue weighted by Gasteiger charge is -2.35. The number of halogens is 1. The molecule has 0 atom stereocenters. The highest BCUT2D eigenvalue weighted by molar-refractivity contribution is 7.92. The molecule has 0 bridgehead atoms. The molecule has 1 N–H and O–H groups in total. The first kappa shape index (κ1) is 24.4. The number of nitrogens with one attached hydrogen (secondary N) is 1. The summed E-state index contributed by atoms with van der Waals surface area (Å²) in [4.78, 5) is 9.53. The minimum Gasteiger partial charge on any atom is -0.354 e. The zero-order valence-corrected chi connectivity index (χ0v) is 19.9. The Bertz CT molecular complexity index is 925. The summed E-state index contributed by atoms with van der Waals surface area (Å²) in [6, 6.07) is 9.02. The maximum absolute atomic E-state index is 12.8. The summed E-state index contributed by atoms with van der Waals surface area (Å²) in [5.74, 6) is 1.27. The van der Waals surface area contributed by atoms with E-state index in [1.807, 2.05) is 25.1 Å². The largest absolute Gasteiger partial charge is 0.354 e. The van der Waals surface area contributed by atoms with Gasteiger partial charge in [0.2, 0.25) is 0 Å². The van der Waals surface area contributed by atoms with Crippen LogP contribution in [-0.2, 0) is 10.0 Å². The lowest BCUT2D eigenvalue weighted by Crippen LogP contribution is -2.46. The lowest BCUT2D eigenvalue weighted by atomic mass is 10.0. The van der Waals surface area contributed by atoms with Gasteiger partial charge in [0.25, 0.3) is 10.0 Å². The third-order valence-corrected chi connectivity index (χ3v) is 6.82. The highest BCUT2D eigenvalue weighted by Gasteiger charge is 2.20. The van der Waals surface area contributed by atoms with E-state index in [-0.39, 0.29) is 17.3 Å². The molecule has 0 radical (unpaired) electrons. The molecule has 3 rings (SSSR count). The molecule has 0 saturated carbocycles. The fraction of sp³-hybridized carbons (Fsp3) is 0.500. The molecule has 1 saturated heterocycles. The van der Waals surface area contributed by atoms with E-state index in [1.165, 1.54) is 6.42 Å². The van der Waals surface area contributed by atoms with Crippen LogP contribution in [0.4, 0.5) is 11.5 Å².